The van der Waals surface area contributed by atoms with Gasteiger partial charge in [-0.25, -0.2) is 0 Å². The maximum atomic E-state index is 15.6. The molecule has 1 aliphatic heterocycles. The van der Waals surface area contributed by atoms with Gasteiger partial charge in [-0.2, -0.15) is 0 Å². The smallest absolute Gasteiger partial charge is 0.258 e. The molecule has 0 spiro atoms. The van der Waals surface area contributed by atoms with E-state index in [0.29, 0.717) is 54.1 Å². The summed E-state index contributed by atoms with van der Waals surface area (Å²) in [6.45, 7) is 8.85. The maximum Gasteiger partial charge on any atom is 0.258 e. The van der Waals surface area contributed by atoms with Gasteiger partial charge >= 0.3 is 0 Å². The van der Waals surface area contributed by atoms with E-state index in [1.807, 2.05) is 72.8 Å². The minimum Gasteiger partial charge on any atom is -0.495 e. The van der Waals surface area contributed by atoms with Crippen molar-refractivity contribution >= 4 is 34.8 Å². The van der Waals surface area contributed by atoms with Crippen LogP contribution in [0.5, 0.6) is 34.5 Å². The van der Waals surface area contributed by atoms with Crippen molar-refractivity contribution in [2.45, 2.75) is 156 Å². The minimum atomic E-state index is -0.391. The van der Waals surface area contributed by atoms with Crippen LogP contribution >= 0.6 is 0 Å². The molecule has 81 heavy (non-hydrogen) atoms. The van der Waals surface area contributed by atoms with E-state index in [-0.39, 0.29) is 36.3 Å². The molecule has 1 heterocycles. The van der Waals surface area contributed by atoms with Gasteiger partial charge in [-0.3, -0.25) is 14.4 Å². The summed E-state index contributed by atoms with van der Waals surface area (Å²) < 4.78 is 36.5. The van der Waals surface area contributed by atoms with E-state index in [0.717, 1.165) is 72.5 Å². The first-order chi connectivity index (χ1) is 39.7. The second kappa shape index (κ2) is 32.7. The molecule has 3 amide bonds. The molecule has 0 saturated heterocycles. The Balaban J connectivity index is 1.29. The number of benzene rings is 6. The summed E-state index contributed by atoms with van der Waals surface area (Å²) >= 11 is 0. The summed E-state index contributed by atoms with van der Waals surface area (Å²) in [7, 11) is 4.65. The lowest BCUT2D eigenvalue weighted by Gasteiger charge is -2.28. The minimum absolute atomic E-state index is 0.105. The van der Waals surface area contributed by atoms with E-state index in [1.165, 1.54) is 77.0 Å². The largest absolute Gasteiger partial charge is 0.495 e. The van der Waals surface area contributed by atoms with Crippen LogP contribution in [-0.4, -0.2) is 58.9 Å². The lowest BCUT2D eigenvalue weighted by molar-refractivity contribution is 0.0973. The molecule has 0 unspecified atom stereocenters. The molecule has 6 aromatic carbocycles. The van der Waals surface area contributed by atoms with Gasteiger partial charge in [0.1, 0.15) is 34.5 Å². The third-order valence-corrected chi connectivity index (χ3v) is 15.0. The molecule has 1 aliphatic rings. The number of unbranched alkanes of at least 4 members (excludes halogenated alkanes) is 15. The lowest BCUT2D eigenvalue weighted by Crippen LogP contribution is -2.33. The molecule has 0 aliphatic carbocycles. The molecular weight excluding hydrogens is 1010 g/mol. The molecule has 12 nitrogen and oxygen atoms in total. The number of rotatable bonds is 33. The Morgan fingerprint density at radius 3 is 0.802 bits per heavy atom. The Hall–Kier alpha value is -7.47. The van der Waals surface area contributed by atoms with E-state index in [1.54, 1.807) is 90.6 Å². The first-order valence-electron chi connectivity index (χ1n) is 29.8. The van der Waals surface area contributed by atoms with Crippen LogP contribution in [-0.2, 0) is 19.6 Å². The topological polar surface area (TPSA) is 116 Å². The summed E-state index contributed by atoms with van der Waals surface area (Å²) in [6.07, 6.45) is 21.0. The molecule has 7 rings (SSSR count). The number of methoxy groups -OCH3 is 3. The van der Waals surface area contributed by atoms with Gasteiger partial charge in [0.2, 0.25) is 0 Å². The summed E-state index contributed by atoms with van der Waals surface area (Å²) in [5.41, 5.74) is 4.44. The van der Waals surface area contributed by atoms with Gasteiger partial charge in [0.15, 0.2) is 0 Å². The molecule has 0 radical (unpaired) electrons. The van der Waals surface area contributed by atoms with Crippen molar-refractivity contribution in [3.8, 4) is 34.5 Å². The Morgan fingerprint density at radius 1 is 0.309 bits per heavy atom. The highest BCUT2D eigenvalue weighted by Crippen LogP contribution is 2.39. The quantitative estimate of drug-likeness (QED) is 0.0371. The fourth-order valence-electron chi connectivity index (χ4n) is 10.2. The Kier molecular flexibility index (Phi) is 24.7. The van der Waals surface area contributed by atoms with Gasteiger partial charge in [0.25, 0.3) is 17.7 Å². The van der Waals surface area contributed by atoms with Crippen LogP contribution in [0.2, 0.25) is 0 Å². The zero-order valence-corrected chi connectivity index (χ0v) is 49.1. The van der Waals surface area contributed by atoms with Crippen LogP contribution in [0, 0.1) is 0 Å². The zero-order valence-electron chi connectivity index (χ0n) is 49.1. The predicted octanol–water partition coefficient (Wildman–Crippen LogP) is 16.8. The molecule has 0 aromatic heterocycles. The van der Waals surface area contributed by atoms with Crippen molar-refractivity contribution in [2.75, 3.05) is 55.8 Å². The van der Waals surface area contributed by atoms with Gasteiger partial charge in [0, 0.05) is 16.7 Å². The van der Waals surface area contributed by atoms with Crippen molar-refractivity contribution in [3.05, 3.63) is 161 Å². The Labute approximate surface area is 482 Å². The van der Waals surface area contributed by atoms with Crippen LogP contribution in [0.1, 0.15) is 184 Å². The first-order valence-corrected chi connectivity index (χ1v) is 29.8. The number of ether oxygens (including phenoxy) is 6. The number of nitrogens with zero attached hydrogens (tertiary/aromatic N) is 3. The summed E-state index contributed by atoms with van der Waals surface area (Å²) in [6, 6.07) is 38.7. The normalized spacial score (nSPS) is 12.5. The van der Waals surface area contributed by atoms with Crippen LogP contribution in [0.25, 0.3) is 0 Å². The summed E-state index contributed by atoms with van der Waals surface area (Å²) in [5, 5.41) is 0. The highest BCUT2D eigenvalue weighted by molar-refractivity contribution is 6.13. The number of hydrogen-bond acceptors (Lipinski definition) is 9. The molecule has 0 saturated carbocycles. The fourth-order valence-corrected chi connectivity index (χ4v) is 10.2. The van der Waals surface area contributed by atoms with Crippen molar-refractivity contribution in [1.29, 1.82) is 0 Å². The Morgan fingerprint density at radius 2 is 0.556 bits per heavy atom. The van der Waals surface area contributed by atoms with Crippen molar-refractivity contribution in [2.24, 2.45) is 0 Å². The molecule has 0 N–H and O–H groups in total. The number of hydrogen-bond donors (Lipinski definition) is 0. The summed E-state index contributed by atoms with van der Waals surface area (Å²) in [5.74, 6) is 2.22. The Bertz CT molecular complexity index is 2580. The lowest BCUT2D eigenvalue weighted by atomic mass is 10.1. The van der Waals surface area contributed by atoms with Crippen molar-refractivity contribution in [1.82, 2.24) is 0 Å². The molecule has 0 fully saturated rings. The molecule has 12 heteroatoms. The standard InChI is InChI=1S/C69H87N3O9/c1-7-10-13-16-19-22-43-79-58-34-25-52(26-35-58)49-70-61-46-56(32-40-64(61)76-4)68(74)72(51-54-29-38-60(39-30-54)81-45-24-21-18-15-12-9-3)63-48-57(33-42-66(63)78-6)69(75)71(62-47-55(67(70)73)31-41-65(62)77-5)50-53-27-36-59(37-28-53)80-44-23-20-17-14-11-8-2/h25-42,46-48H,7-24,43-45,49-51H2,1-6H3. The number of carbonyl (C=O) groups is 3. The van der Waals surface area contributed by atoms with Crippen LogP contribution in [0.3, 0.4) is 0 Å². The molecule has 0 atom stereocenters. The first kappa shape index (κ1) is 61.2. The highest BCUT2D eigenvalue weighted by atomic mass is 16.5. The monoisotopic (exact) mass is 1100 g/mol. The average Bonchev–Trinajstić information content (AvgIpc) is 3.80. The van der Waals surface area contributed by atoms with Crippen LogP contribution in [0.15, 0.2) is 127 Å². The van der Waals surface area contributed by atoms with Gasteiger partial charge < -0.3 is 43.1 Å². The number of fused-ring (bicyclic) bond motifs is 6. The fraction of sp³-hybridized carbons (Fsp3) is 0.435. The summed E-state index contributed by atoms with van der Waals surface area (Å²) in [4.78, 5) is 51.6. The van der Waals surface area contributed by atoms with Crippen LogP contribution in [0.4, 0.5) is 17.1 Å². The molecular formula is C69H87N3O9. The zero-order chi connectivity index (χ0) is 57.2. The van der Waals surface area contributed by atoms with Gasteiger partial charge in [-0.15, -0.1) is 0 Å². The van der Waals surface area contributed by atoms with E-state index < -0.39 is 17.7 Å². The highest BCUT2D eigenvalue weighted by Gasteiger charge is 2.31. The SMILES string of the molecule is CCCCCCCCOc1ccc(CN2C(=O)c3ccc(OC)c(c3)N(Cc3ccc(OCCCCCCCC)cc3)C(=O)c3ccc(OC)c(c3)N(Cc3ccc(OCCCCCCCC)cc3)C(=O)c3ccc(OC)c2c3)cc1. The van der Waals surface area contributed by atoms with Crippen molar-refractivity contribution < 1.29 is 42.8 Å². The van der Waals surface area contributed by atoms with Crippen molar-refractivity contribution in [3.63, 3.8) is 0 Å². The van der Waals surface area contributed by atoms with E-state index in [4.69, 9.17) is 28.4 Å². The number of carbonyl (C=O) groups excluding carboxylic acids is 3. The second-order valence-corrected chi connectivity index (χ2v) is 21.1. The average molecular weight is 1100 g/mol. The van der Waals surface area contributed by atoms with Gasteiger partial charge in [0.05, 0.1) is 77.8 Å². The number of amides is 3. The van der Waals surface area contributed by atoms with Gasteiger partial charge in [-0.05, 0) is 127 Å². The third kappa shape index (κ3) is 17.8. The van der Waals surface area contributed by atoms with E-state index in [2.05, 4.69) is 20.8 Å². The third-order valence-electron chi connectivity index (χ3n) is 15.0. The van der Waals surface area contributed by atoms with Crippen LogP contribution < -0.4 is 43.1 Å². The maximum absolute atomic E-state index is 15.6. The molecule has 6 bridgehead atoms. The van der Waals surface area contributed by atoms with Gasteiger partial charge in [-0.1, -0.05) is 153 Å². The van der Waals surface area contributed by atoms with E-state index in [9.17, 15) is 0 Å². The second-order valence-electron chi connectivity index (χ2n) is 21.1. The molecule has 6 aromatic rings. The number of anilines is 3. The predicted molar refractivity (Wildman–Crippen MR) is 326 cm³/mol. The van der Waals surface area contributed by atoms with E-state index >= 15 is 14.4 Å². The molecule has 432 valence electrons.